The molecule has 0 bridgehead atoms. The normalized spacial score (nSPS) is 15.1. The molecule has 0 aliphatic carbocycles. The summed E-state index contributed by atoms with van der Waals surface area (Å²) in [5.74, 6) is 2.02. The van der Waals surface area contributed by atoms with Crippen molar-refractivity contribution in [2.75, 3.05) is 33.2 Å². The van der Waals surface area contributed by atoms with E-state index in [0.29, 0.717) is 23.7 Å². The summed E-state index contributed by atoms with van der Waals surface area (Å²) in [7, 11) is 4.84. The zero-order chi connectivity index (χ0) is 23.5. The van der Waals surface area contributed by atoms with E-state index in [-0.39, 0.29) is 12.1 Å². The lowest BCUT2D eigenvalue weighted by atomic mass is 9.92. The van der Waals surface area contributed by atoms with Crippen LogP contribution in [0.1, 0.15) is 39.4 Å². The maximum Gasteiger partial charge on any atom is 0.322 e. The van der Waals surface area contributed by atoms with Crippen LogP contribution >= 0.6 is 11.3 Å². The van der Waals surface area contributed by atoms with Crippen LogP contribution in [0.5, 0.6) is 17.2 Å². The van der Waals surface area contributed by atoms with Crippen LogP contribution in [0.25, 0.3) is 0 Å². The van der Waals surface area contributed by atoms with Gasteiger partial charge < -0.3 is 24.4 Å². The van der Waals surface area contributed by atoms with Gasteiger partial charge in [-0.2, -0.15) is 0 Å². The maximum absolute atomic E-state index is 13.6. The highest BCUT2D eigenvalue weighted by atomic mass is 32.1. The van der Waals surface area contributed by atoms with Gasteiger partial charge in [0.2, 0.25) is 0 Å². The summed E-state index contributed by atoms with van der Waals surface area (Å²) >= 11 is 1.80. The highest BCUT2D eigenvalue weighted by Gasteiger charge is 2.35. The third kappa shape index (κ3) is 4.37. The molecule has 0 saturated carbocycles. The molecule has 0 radical (unpaired) electrons. The number of carbonyl (C=O) groups excluding carboxylic acids is 1. The summed E-state index contributed by atoms with van der Waals surface area (Å²) in [6, 6.07) is 13.1. The summed E-state index contributed by atoms with van der Waals surface area (Å²) in [6.45, 7) is 5.02. The van der Waals surface area contributed by atoms with E-state index < -0.39 is 0 Å². The van der Waals surface area contributed by atoms with Crippen LogP contribution in [0.2, 0.25) is 0 Å². The van der Waals surface area contributed by atoms with E-state index >= 15 is 0 Å². The first-order valence-electron chi connectivity index (χ1n) is 11.0. The van der Waals surface area contributed by atoms with E-state index in [1.54, 1.807) is 44.8 Å². The minimum atomic E-state index is -0.159. The molecule has 6 nitrogen and oxygen atoms in total. The fourth-order valence-electron chi connectivity index (χ4n) is 4.53. The van der Waals surface area contributed by atoms with Gasteiger partial charge in [0.05, 0.1) is 33.1 Å². The molecule has 0 spiro atoms. The summed E-state index contributed by atoms with van der Waals surface area (Å²) in [5, 5.41) is 3.06. The van der Waals surface area contributed by atoms with Crippen LogP contribution in [0.3, 0.4) is 0 Å². The third-order valence-electron chi connectivity index (χ3n) is 6.21. The second-order valence-corrected chi connectivity index (χ2v) is 9.20. The predicted molar refractivity (Wildman–Crippen MR) is 132 cm³/mol. The molecule has 1 aliphatic rings. The van der Waals surface area contributed by atoms with E-state index in [1.165, 1.54) is 20.9 Å². The lowest BCUT2D eigenvalue weighted by Gasteiger charge is -2.36. The van der Waals surface area contributed by atoms with Crippen LogP contribution in [0.4, 0.5) is 10.5 Å². The second kappa shape index (κ2) is 9.75. The van der Waals surface area contributed by atoms with Crippen molar-refractivity contribution in [2.45, 2.75) is 32.7 Å². The Kier molecular flexibility index (Phi) is 6.79. The molecule has 0 unspecified atom stereocenters. The van der Waals surface area contributed by atoms with Crippen LogP contribution < -0.4 is 19.5 Å². The van der Waals surface area contributed by atoms with Crippen LogP contribution in [0, 0.1) is 6.92 Å². The molecule has 1 aromatic heterocycles. The van der Waals surface area contributed by atoms with Crippen LogP contribution in [0.15, 0.2) is 42.5 Å². The number of carbonyl (C=O) groups is 1. The Morgan fingerprint density at radius 1 is 1.06 bits per heavy atom. The fourth-order valence-corrected chi connectivity index (χ4v) is 5.98. The lowest BCUT2D eigenvalue weighted by molar-refractivity contribution is 0.195. The minimum absolute atomic E-state index is 0.158. The van der Waals surface area contributed by atoms with E-state index in [9.17, 15) is 4.79 Å². The minimum Gasteiger partial charge on any atom is -0.497 e. The highest BCUT2D eigenvalue weighted by Crippen LogP contribution is 2.43. The number of methoxy groups -OCH3 is 3. The molecular formula is C26H30N2O4S. The topological polar surface area (TPSA) is 60.0 Å². The predicted octanol–water partition coefficient (Wildman–Crippen LogP) is 5.82. The highest BCUT2D eigenvalue weighted by molar-refractivity contribution is 7.12. The molecule has 7 heteroatoms. The molecule has 33 heavy (non-hydrogen) atoms. The maximum atomic E-state index is 13.6. The number of anilines is 1. The molecular weight excluding hydrogens is 436 g/mol. The van der Waals surface area contributed by atoms with Crippen molar-refractivity contribution in [3.05, 3.63) is 68.9 Å². The van der Waals surface area contributed by atoms with Gasteiger partial charge in [0.1, 0.15) is 17.2 Å². The number of hydrogen-bond acceptors (Lipinski definition) is 5. The Labute approximate surface area is 199 Å². The van der Waals surface area contributed by atoms with Gasteiger partial charge in [0, 0.05) is 22.4 Å². The van der Waals surface area contributed by atoms with Crippen molar-refractivity contribution >= 4 is 23.1 Å². The van der Waals surface area contributed by atoms with Crippen molar-refractivity contribution in [1.29, 1.82) is 0 Å². The molecule has 2 amide bonds. The molecule has 2 aromatic carbocycles. The Balaban J connectivity index is 1.72. The van der Waals surface area contributed by atoms with Crippen molar-refractivity contribution < 1.29 is 19.0 Å². The molecule has 174 valence electrons. The average molecular weight is 467 g/mol. The standard InChI is InChI=1S/C26H30N2O4S/c1-6-20-16(2)33-25-21(20)13-14-28(24(25)17-7-9-18(30-3)10-8-17)26(29)27-22-12-11-19(31-4)15-23(22)32-5/h7-12,15,24H,6,13-14H2,1-5H3,(H,27,29)/t24-/m0/s1. The van der Waals surface area contributed by atoms with Crippen LogP contribution in [-0.2, 0) is 12.8 Å². The number of urea groups is 1. The number of rotatable bonds is 6. The van der Waals surface area contributed by atoms with Gasteiger partial charge >= 0.3 is 6.03 Å². The Morgan fingerprint density at radius 2 is 1.76 bits per heavy atom. The number of amides is 2. The van der Waals surface area contributed by atoms with E-state index in [4.69, 9.17) is 14.2 Å². The summed E-state index contributed by atoms with van der Waals surface area (Å²) in [6.07, 6.45) is 1.85. The van der Waals surface area contributed by atoms with Crippen molar-refractivity contribution in [3.63, 3.8) is 0 Å². The average Bonchev–Trinajstić information content (AvgIpc) is 3.18. The second-order valence-electron chi connectivity index (χ2n) is 7.95. The first kappa shape index (κ1) is 23.0. The zero-order valence-corrected chi connectivity index (χ0v) is 20.5. The van der Waals surface area contributed by atoms with E-state index in [1.807, 2.05) is 35.2 Å². The van der Waals surface area contributed by atoms with Crippen molar-refractivity contribution in [2.24, 2.45) is 0 Å². The Bertz CT molecular complexity index is 1140. The van der Waals surface area contributed by atoms with Crippen LogP contribution in [-0.4, -0.2) is 38.8 Å². The van der Waals surface area contributed by atoms with Gasteiger partial charge in [-0.15, -0.1) is 11.3 Å². The van der Waals surface area contributed by atoms with Gasteiger partial charge in [0.15, 0.2) is 0 Å². The molecule has 1 aliphatic heterocycles. The Hall–Kier alpha value is -3.19. The number of nitrogens with one attached hydrogen (secondary N) is 1. The van der Waals surface area contributed by atoms with Gasteiger partial charge in [-0.05, 0) is 60.7 Å². The zero-order valence-electron chi connectivity index (χ0n) is 19.7. The fraction of sp³-hybridized carbons (Fsp3) is 0.346. The summed E-state index contributed by atoms with van der Waals surface area (Å²) in [5.41, 5.74) is 4.49. The number of ether oxygens (including phenoxy) is 3. The van der Waals surface area contributed by atoms with Gasteiger partial charge in [-0.3, -0.25) is 0 Å². The number of benzene rings is 2. The first-order valence-corrected chi connectivity index (χ1v) is 11.9. The molecule has 3 aromatic rings. The molecule has 2 heterocycles. The molecule has 1 atom stereocenters. The molecule has 0 saturated heterocycles. The monoisotopic (exact) mass is 466 g/mol. The van der Waals surface area contributed by atoms with Gasteiger partial charge in [0.25, 0.3) is 0 Å². The summed E-state index contributed by atoms with van der Waals surface area (Å²) in [4.78, 5) is 18.1. The third-order valence-corrected chi connectivity index (χ3v) is 7.45. The SMILES string of the molecule is CCc1c(C)sc2c1CCN(C(=O)Nc1ccc(OC)cc1OC)[C@H]2c1ccc(OC)cc1. The lowest BCUT2D eigenvalue weighted by Crippen LogP contribution is -2.42. The van der Waals surface area contributed by atoms with Gasteiger partial charge in [-0.1, -0.05) is 19.1 Å². The molecule has 4 rings (SSSR count). The van der Waals surface area contributed by atoms with Gasteiger partial charge in [-0.25, -0.2) is 4.79 Å². The molecule has 0 fully saturated rings. The summed E-state index contributed by atoms with van der Waals surface area (Å²) < 4.78 is 16.1. The van der Waals surface area contributed by atoms with E-state index in [0.717, 1.165) is 24.2 Å². The number of nitrogens with zero attached hydrogens (tertiary/aromatic N) is 1. The van der Waals surface area contributed by atoms with Crippen molar-refractivity contribution in [1.82, 2.24) is 4.90 Å². The number of fused-ring (bicyclic) bond motifs is 1. The number of hydrogen-bond donors (Lipinski definition) is 1. The number of aryl methyl sites for hydroxylation is 1. The quantitative estimate of drug-likeness (QED) is 0.497. The largest absolute Gasteiger partial charge is 0.497 e. The Morgan fingerprint density at radius 3 is 2.39 bits per heavy atom. The van der Waals surface area contributed by atoms with Crippen molar-refractivity contribution in [3.8, 4) is 17.2 Å². The van der Waals surface area contributed by atoms with E-state index in [2.05, 4.69) is 19.2 Å². The first-order chi connectivity index (χ1) is 16.0. The smallest absolute Gasteiger partial charge is 0.322 e. The number of thiophene rings is 1. The molecule has 1 N–H and O–H groups in total.